The van der Waals surface area contributed by atoms with Crippen molar-refractivity contribution < 1.29 is 9.90 Å². The molecule has 0 aliphatic heterocycles. The molecule has 0 aliphatic carbocycles. The van der Waals surface area contributed by atoms with E-state index >= 15 is 0 Å². The molecule has 0 fully saturated rings. The second kappa shape index (κ2) is 7.14. The fourth-order valence-electron chi connectivity index (χ4n) is 2.63. The summed E-state index contributed by atoms with van der Waals surface area (Å²) in [6, 6.07) is 13.2. The second-order valence-corrected chi connectivity index (χ2v) is 5.57. The average Bonchev–Trinajstić information content (AvgIpc) is 3.24. The molecule has 2 N–H and O–H groups in total. The Labute approximate surface area is 140 Å². The van der Waals surface area contributed by atoms with E-state index in [1.165, 1.54) is 0 Å². The predicted molar refractivity (Wildman–Crippen MR) is 90.9 cm³/mol. The molecule has 1 unspecified atom stereocenters. The molecule has 6 nitrogen and oxygen atoms in total. The van der Waals surface area contributed by atoms with Crippen LogP contribution in [-0.4, -0.2) is 31.9 Å². The normalized spacial score (nSPS) is 12.1. The molecular weight excluding hydrogens is 304 g/mol. The van der Waals surface area contributed by atoms with Gasteiger partial charge in [-0.05, 0) is 24.1 Å². The number of nitrogens with zero attached hydrogens (tertiary/aromatic N) is 3. The number of amides is 1. The second-order valence-electron chi connectivity index (χ2n) is 5.57. The van der Waals surface area contributed by atoms with Gasteiger partial charge < -0.3 is 15.0 Å². The number of aliphatic hydroxyl groups excluding tert-OH is 1. The Kier molecular flexibility index (Phi) is 4.77. The van der Waals surface area contributed by atoms with Crippen molar-refractivity contribution in [2.24, 2.45) is 7.05 Å². The van der Waals surface area contributed by atoms with Gasteiger partial charge in [0.25, 0.3) is 5.91 Å². The zero-order chi connectivity index (χ0) is 16.9. The highest BCUT2D eigenvalue weighted by molar-refractivity contribution is 5.97. The van der Waals surface area contributed by atoms with E-state index in [0.29, 0.717) is 24.3 Å². The summed E-state index contributed by atoms with van der Waals surface area (Å²) in [5, 5.41) is 17.2. The summed E-state index contributed by atoms with van der Waals surface area (Å²) in [6.45, 7) is 0.384. The molecule has 0 spiro atoms. The van der Waals surface area contributed by atoms with Crippen molar-refractivity contribution in [1.82, 2.24) is 19.7 Å². The highest BCUT2D eigenvalue weighted by Gasteiger charge is 2.17. The Balaban J connectivity index is 1.62. The third kappa shape index (κ3) is 3.38. The summed E-state index contributed by atoms with van der Waals surface area (Å²) in [5.41, 5.74) is 1.35. The number of aromatic nitrogens is 3. The van der Waals surface area contributed by atoms with E-state index in [4.69, 9.17) is 0 Å². The summed E-state index contributed by atoms with van der Waals surface area (Å²) in [5.74, 6) is 0.508. The lowest BCUT2D eigenvalue weighted by Gasteiger charge is -2.12. The first kappa shape index (κ1) is 16.0. The molecule has 0 bridgehead atoms. The number of hydrogen-bond acceptors (Lipinski definition) is 3. The third-order valence-electron chi connectivity index (χ3n) is 3.89. The van der Waals surface area contributed by atoms with Gasteiger partial charge in [0.05, 0.1) is 12.3 Å². The van der Waals surface area contributed by atoms with Crippen LogP contribution >= 0.6 is 0 Å². The SMILES string of the molecule is Cn1ncc(C(=O)NCCC(O)c2ccccc2)c1-n1cccc1. The number of benzene rings is 1. The molecule has 1 aromatic carbocycles. The van der Waals surface area contributed by atoms with E-state index in [9.17, 15) is 9.90 Å². The molecule has 0 radical (unpaired) electrons. The van der Waals surface area contributed by atoms with Crippen LogP contribution in [0.15, 0.2) is 61.1 Å². The highest BCUT2D eigenvalue weighted by atomic mass is 16.3. The number of carbonyl (C=O) groups is 1. The fourth-order valence-corrected chi connectivity index (χ4v) is 2.63. The van der Waals surface area contributed by atoms with Crippen LogP contribution in [0.4, 0.5) is 0 Å². The predicted octanol–water partition coefficient (Wildman–Crippen LogP) is 2.06. The Morgan fingerprint density at radius 1 is 1.21 bits per heavy atom. The van der Waals surface area contributed by atoms with E-state index in [1.54, 1.807) is 17.9 Å². The summed E-state index contributed by atoms with van der Waals surface area (Å²) in [4.78, 5) is 12.4. The van der Waals surface area contributed by atoms with Crippen LogP contribution < -0.4 is 5.32 Å². The van der Waals surface area contributed by atoms with Crippen molar-refractivity contribution in [3.05, 3.63) is 72.2 Å². The minimum Gasteiger partial charge on any atom is -0.388 e. The number of aryl methyl sites for hydroxylation is 1. The maximum Gasteiger partial charge on any atom is 0.256 e. The van der Waals surface area contributed by atoms with Crippen molar-refractivity contribution in [2.75, 3.05) is 6.54 Å². The van der Waals surface area contributed by atoms with Gasteiger partial charge in [0, 0.05) is 26.0 Å². The quantitative estimate of drug-likeness (QED) is 0.729. The molecule has 0 aliphatic rings. The largest absolute Gasteiger partial charge is 0.388 e. The van der Waals surface area contributed by atoms with Gasteiger partial charge in [-0.1, -0.05) is 30.3 Å². The number of rotatable bonds is 6. The highest BCUT2D eigenvalue weighted by Crippen LogP contribution is 2.16. The number of aliphatic hydroxyl groups is 1. The summed E-state index contributed by atoms with van der Waals surface area (Å²) in [7, 11) is 1.80. The molecule has 6 heteroatoms. The van der Waals surface area contributed by atoms with E-state index in [2.05, 4.69) is 10.4 Å². The van der Waals surface area contributed by atoms with Crippen molar-refractivity contribution in [3.63, 3.8) is 0 Å². The Morgan fingerprint density at radius 3 is 2.62 bits per heavy atom. The molecular formula is C18H20N4O2. The number of carbonyl (C=O) groups excluding carboxylic acids is 1. The van der Waals surface area contributed by atoms with Crippen LogP contribution in [0.5, 0.6) is 0 Å². The van der Waals surface area contributed by atoms with Crippen LogP contribution in [0.2, 0.25) is 0 Å². The lowest BCUT2D eigenvalue weighted by Crippen LogP contribution is -2.26. The van der Waals surface area contributed by atoms with E-state index in [0.717, 1.165) is 5.56 Å². The van der Waals surface area contributed by atoms with Gasteiger partial charge in [0.2, 0.25) is 0 Å². The molecule has 3 aromatic rings. The van der Waals surface area contributed by atoms with Gasteiger partial charge in [-0.25, -0.2) is 0 Å². The Bertz CT molecular complexity index is 794. The van der Waals surface area contributed by atoms with Crippen molar-refractivity contribution >= 4 is 5.91 Å². The van der Waals surface area contributed by atoms with Crippen molar-refractivity contribution in [2.45, 2.75) is 12.5 Å². The maximum absolute atomic E-state index is 12.4. The van der Waals surface area contributed by atoms with Gasteiger partial charge >= 0.3 is 0 Å². The molecule has 3 rings (SSSR count). The summed E-state index contributed by atoms with van der Waals surface area (Å²) >= 11 is 0. The Morgan fingerprint density at radius 2 is 1.92 bits per heavy atom. The van der Waals surface area contributed by atoms with Crippen molar-refractivity contribution in [1.29, 1.82) is 0 Å². The van der Waals surface area contributed by atoms with Crippen LogP contribution in [0, 0.1) is 0 Å². The summed E-state index contributed by atoms with van der Waals surface area (Å²) < 4.78 is 3.51. The molecule has 2 heterocycles. The molecule has 1 atom stereocenters. The van der Waals surface area contributed by atoms with Crippen molar-refractivity contribution in [3.8, 4) is 5.82 Å². The van der Waals surface area contributed by atoms with E-state index in [1.807, 2.05) is 59.4 Å². The minimum atomic E-state index is -0.593. The molecule has 2 aromatic heterocycles. The number of hydrogen-bond donors (Lipinski definition) is 2. The monoisotopic (exact) mass is 324 g/mol. The average molecular weight is 324 g/mol. The van der Waals surface area contributed by atoms with Gasteiger partial charge in [-0.15, -0.1) is 0 Å². The van der Waals surface area contributed by atoms with E-state index < -0.39 is 6.10 Å². The molecule has 0 saturated heterocycles. The van der Waals surface area contributed by atoms with Crippen LogP contribution in [-0.2, 0) is 7.05 Å². The first-order chi connectivity index (χ1) is 11.7. The first-order valence-corrected chi connectivity index (χ1v) is 7.83. The molecule has 124 valence electrons. The standard InChI is InChI=1S/C18H20N4O2/c1-21-18(22-11-5-6-12-22)15(13-20-21)17(24)19-10-9-16(23)14-7-3-2-4-8-14/h2-8,11-13,16,23H,9-10H2,1H3,(H,19,24). The first-order valence-electron chi connectivity index (χ1n) is 7.83. The lowest BCUT2D eigenvalue weighted by molar-refractivity contribution is 0.0942. The fraction of sp³-hybridized carbons (Fsp3) is 0.222. The van der Waals surface area contributed by atoms with Gasteiger partial charge in [-0.2, -0.15) is 5.10 Å². The van der Waals surface area contributed by atoms with Crippen LogP contribution in [0.25, 0.3) is 5.82 Å². The molecule has 0 saturated carbocycles. The maximum atomic E-state index is 12.4. The minimum absolute atomic E-state index is 0.202. The number of nitrogens with one attached hydrogen (secondary N) is 1. The third-order valence-corrected chi connectivity index (χ3v) is 3.89. The zero-order valence-corrected chi connectivity index (χ0v) is 13.5. The topological polar surface area (TPSA) is 72.1 Å². The lowest BCUT2D eigenvalue weighted by atomic mass is 10.1. The van der Waals surface area contributed by atoms with Gasteiger partial charge in [-0.3, -0.25) is 9.48 Å². The van der Waals surface area contributed by atoms with Crippen LogP contribution in [0.1, 0.15) is 28.4 Å². The van der Waals surface area contributed by atoms with Crippen LogP contribution in [0.3, 0.4) is 0 Å². The van der Waals surface area contributed by atoms with E-state index in [-0.39, 0.29) is 5.91 Å². The molecule has 1 amide bonds. The summed E-state index contributed by atoms with van der Waals surface area (Å²) in [6.07, 6.45) is 5.15. The van der Waals surface area contributed by atoms with Gasteiger partial charge in [0.1, 0.15) is 11.4 Å². The molecule has 24 heavy (non-hydrogen) atoms. The van der Waals surface area contributed by atoms with Gasteiger partial charge in [0.15, 0.2) is 0 Å². The smallest absolute Gasteiger partial charge is 0.256 e. The zero-order valence-electron chi connectivity index (χ0n) is 13.5. The Hall–Kier alpha value is -2.86.